The van der Waals surface area contributed by atoms with Crippen molar-refractivity contribution in [3.63, 3.8) is 0 Å². The van der Waals surface area contributed by atoms with Gasteiger partial charge < -0.3 is 9.88 Å². The largest absolute Gasteiger partial charge is 0.331 e. The van der Waals surface area contributed by atoms with Gasteiger partial charge in [0.1, 0.15) is 5.82 Å². The molecular formula is C18H27N3. The maximum atomic E-state index is 4.87. The molecule has 3 nitrogen and oxygen atoms in total. The summed E-state index contributed by atoms with van der Waals surface area (Å²) in [5.74, 6) is 2.83. The highest BCUT2D eigenvalue weighted by atomic mass is 15.1. The van der Waals surface area contributed by atoms with Crippen molar-refractivity contribution in [3.05, 3.63) is 30.1 Å². The van der Waals surface area contributed by atoms with Crippen LogP contribution in [0.3, 0.4) is 0 Å². The molecule has 1 saturated carbocycles. The Morgan fingerprint density at radius 2 is 1.90 bits per heavy atom. The van der Waals surface area contributed by atoms with E-state index in [0.717, 1.165) is 30.3 Å². The Kier molecular flexibility index (Phi) is 4.59. The minimum absolute atomic E-state index is 0.774. The average molecular weight is 285 g/mol. The molecule has 114 valence electrons. The lowest BCUT2D eigenvalue weighted by Gasteiger charge is -2.24. The Morgan fingerprint density at radius 3 is 2.67 bits per heavy atom. The fraction of sp³-hybridized carbons (Fsp3) is 0.611. The van der Waals surface area contributed by atoms with Gasteiger partial charge in [0.15, 0.2) is 0 Å². The number of benzene rings is 1. The third-order valence-electron chi connectivity index (χ3n) is 5.11. The second-order valence-corrected chi connectivity index (χ2v) is 6.50. The molecule has 2 atom stereocenters. The summed E-state index contributed by atoms with van der Waals surface area (Å²) in [4.78, 5) is 4.87. The van der Waals surface area contributed by atoms with Gasteiger partial charge in [-0.2, -0.15) is 0 Å². The van der Waals surface area contributed by atoms with Gasteiger partial charge in [-0.25, -0.2) is 4.98 Å². The number of fused-ring (bicyclic) bond motifs is 1. The molecule has 1 fully saturated rings. The molecule has 1 aliphatic carbocycles. The SMILES string of the molecule is CNCC1CCCCCC1Cc1nc2ccccc2n1C. The number of rotatable bonds is 4. The molecule has 3 heteroatoms. The minimum Gasteiger partial charge on any atom is -0.331 e. The van der Waals surface area contributed by atoms with Crippen molar-refractivity contribution in [1.82, 2.24) is 14.9 Å². The molecule has 0 aliphatic heterocycles. The van der Waals surface area contributed by atoms with Crippen LogP contribution < -0.4 is 5.32 Å². The summed E-state index contributed by atoms with van der Waals surface area (Å²) in [6.45, 7) is 1.15. The summed E-state index contributed by atoms with van der Waals surface area (Å²) in [5.41, 5.74) is 2.39. The molecule has 0 saturated heterocycles. The minimum atomic E-state index is 0.774. The highest BCUT2D eigenvalue weighted by Gasteiger charge is 2.25. The van der Waals surface area contributed by atoms with Crippen molar-refractivity contribution >= 4 is 11.0 Å². The van der Waals surface area contributed by atoms with Crippen LogP contribution in [0.2, 0.25) is 0 Å². The molecule has 2 aromatic rings. The predicted octanol–water partition coefficient (Wildman–Crippen LogP) is 3.53. The molecule has 3 rings (SSSR count). The van der Waals surface area contributed by atoms with E-state index < -0.39 is 0 Å². The first-order valence-electron chi connectivity index (χ1n) is 8.34. The lowest BCUT2D eigenvalue weighted by atomic mass is 9.85. The standard InChI is InChI=1S/C18H27N3/c1-19-13-15-9-5-3-4-8-14(15)12-18-20-16-10-6-7-11-17(16)21(18)2/h6-7,10-11,14-15,19H,3-5,8-9,12-13H2,1-2H3. The van der Waals surface area contributed by atoms with Crippen LogP contribution in [0.4, 0.5) is 0 Å². The Labute approximate surface area is 127 Å². The first-order valence-corrected chi connectivity index (χ1v) is 8.34. The summed E-state index contributed by atoms with van der Waals surface area (Å²) in [7, 11) is 4.24. The van der Waals surface area contributed by atoms with Gasteiger partial charge in [-0.05, 0) is 50.4 Å². The van der Waals surface area contributed by atoms with Crippen LogP contribution in [0, 0.1) is 11.8 Å². The highest BCUT2D eigenvalue weighted by Crippen LogP contribution is 2.31. The van der Waals surface area contributed by atoms with Gasteiger partial charge in [0.2, 0.25) is 0 Å². The molecule has 1 aromatic carbocycles. The molecule has 0 radical (unpaired) electrons. The summed E-state index contributed by atoms with van der Waals surface area (Å²) in [6.07, 6.45) is 8.03. The van der Waals surface area contributed by atoms with E-state index in [9.17, 15) is 0 Å². The number of imidazole rings is 1. The van der Waals surface area contributed by atoms with E-state index in [0.29, 0.717) is 0 Å². The van der Waals surface area contributed by atoms with E-state index in [1.165, 1.54) is 43.4 Å². The zero-order valence-electron chi connectivity index (χ0n) is 13.3. The Morgan fingerprint density at radius 1 is 1.14 bits per heavy atom. The van der Waals surface area contributed by atoms with Crippen LogP contribution in [0.25, 0.3) is 11.0 Å². The Balaban J connectivity index is 1.83. The van der Waals surface area contributed by atoms with Gasteiger partial charge in [-0.3, -0.25) is 0 Å². The molecule has 0 spiro atoms. The third kappa shape index (κ3) is 3.13. The number of para-hydroxylation sites is 2. The van der Waals surface area contributed by atoms with Crippen molar-refractivity contribution in [2.45, 2.75) is 38.5 Å². The van der Waals surface area contributed by atoms with E-state index in [2.05, 4.69) is 48.2 Å². The normalized spacial score (nSPS) is 23.3. The summed E-state index contributed by atoms with van der Waals surface area (Å²) < 4.78 is 2.29. The lowest BCUT2D eigenvalue weighted by Crippen LogP contribution is -2.27. The summed E-state index contributed by atoms with van der Waals surface area (Å²) in [6, 6.07) is 8.47. The van der Waals surface area contributed by atoms with E-state index in [-0.39, 0.29) is 0 Å². The first-order chi connectivity index (χ1) is 10.3. The van der Waals surface area contributed by atoms with Gasteiger partial charge in [0.25, 0.3) is 0 Å². The fourth-order valence-corrected chi connectivity index (χ4v) is 3.87. The van der Waals surface area contributed by atoms with E-state index >= 15 is 0 Å². The monoisotopic (exact) mass is 285 g/mol. The molecule has 1 aliphatic rings. The number of hydrogen-bond donors (Lipinski definition) is 1. The van der Waals surface area contributed by atoms with Crippen molar-refractivity contribution in [2.24, 2.45) is 18.9 Å². The summed E-state index contributed by atoms with van der Waals surface area (Å²) >= 11 is 0. The van der Waals surface area contributed by atoms with E-state index in [1.54, 1.807) is 0 Å². The van der Waals surface area contributed by atoms with Crippen LogP contribution in [-0.4, -0.2) is 23.1 Å². The maximum absolute atomic E-state index is 4.87. The molecule has 0 bridgehead atoms. The second kappa shape index (κ2) is 6.61. The number of nitrogens with one attached hydrogen (secondary N) is 1. The lowest BCUT2D eigenvalue weighted by molar-refractivity contribution is 0.298. The van der Waals surface area contributed by atoms with Crippen molar-refractivity contribution in [3.8, 4) is 0 Å². The first kappa shape index (κ1) is 14.6. The topological polar surface area (TPSA) is 29.9 Å². The molecular weight excluding hydrogens is 258 g/mol. The van der Waals surface area contributed by atoms with Crippen LogP contribution in [0.1, 0.15) is 37.9 Å². The van der Waals surface area contributed by atoms with Gasteiger partial charge in [0, 0.05) is 13.5 Å². The van der Waals surface area contributed by atoms with Crippen molar-refractivity contribution < 1.29 is 0 Å². The van der Waals surface area contributed by atoms with Gasteiger partial charge in [0.05, 0.1) is 11.0 Å². The number of aryl methyl sites for hydroxylation is 1. The molecule has 21 heavy (non-hydrogen) atoms. The number of aromatic nitrogens is 2. The van der Waals surface area contributed by atoms with Crippen molar-refractivity contribution in [1.29, 1.82) is 0 Å². The second-order valence-electron chi connectivity index (χ2n) is 6.50. The zero-order valence-corrected chi connectivity index (χ0v) is 13.3. The van der Waals surface area contributed by atoms with Gasteiger partial charge >= 0.3 is 0 Å². The zero-order chi connectivity index (χ0) is 14.7. The number of hydrogen-bond acceptors (Lipinski definition) is 2. The summed E-state index contributed by atoms with van der Waals surface area (Å²) in [5, 5.41) is 3.39. The maximum Gasteiger partial charge on any atom is 0.109 e. The van der Waals surface area contributed by atoms with Gasteiger partial charge in [-0.1, -0.05) is 31.4 Å². The molecule has 1 N–H and O–H groups in total. The Bertz CT molecular complexity index is 587. The molecule has 2 unspecified atom stereocenters. The van der Waals surface area contributed by atoms with Crippen molar-refractivity contribution in [2.75, 3.05) is 13.6 Å². The van der Waals surface area contributed by atoms with Crippen LogP contribution in [0.15, 0.2) is 24.3 Å². The van der Waals surface area contributed by atoms with Crippen LogP contribution >= 0.6 is 0 Å². The smallest absolute Gasteiger partial charge is 0.109 e. The van der Waals surface area contributed by atoms with Crippen LogP contribution in [0.5, 0.6) is 0 Å². The molecule has 1 heterocycles. The predicted molar refractivity (Wildman–Crippen MR) is 88.4 cm³/mol. The highest BCUT2D eigenvalue weighted by molar-refractivity contribution is 5.75. The van der Waals surface area contributed by atoms with E-state index in [1.807, 2.05) is 0 Å². The number of nitrogens with zero attached hydrogens (tertiary/aromatic N) is 2. The average Bonchev–Trinajstić information content (AvgIpc) is 2.67. The molecule has 0 amide bonds. The fourth-order valence-electron chi connectivity index (χ4n) is 3.87. The van der Waals surface area contributed by atoms with E-state index in [4.69, 9.17) is 4.98 Å². The molecule has 1 aromatic heterocycles. The van der Waals surface area contributed by atoms with Crippen LogP contribution in [-0.2, 0) is 13.5 Å². The Hall–Kier alpha value is -1.35. The van der Waals surface area contributed by atoms with Gasteiger partial charge in [-0.15, -0.1) is 0 Å². The third-order valence-corrected chi connectivity index (χ3v) is 5.11. The quantitative estimate of drug-likeness (QED) is 0.871.